The van der Waals surface area contributed by atoms with Gasteiger partial charge in [0.05, 0.1) is 16.7 Å². The lowest BCUT2D eigenvalue weighted by atomic mass is 9.92. The summed E-state index contributed by atoms with van der Waals surface area (Å²) in [6, 6.07) is 4.80. The molecule has 0 radical (unpaired) electrons. The second-order valence-corrected chi connectivity index (χ2v) is 7.17. The third-order valence-electron chi connectivity index (χ3n) is 4.12. The maximum Gasteiger partial charge on any atom is 0.261 e. The third kappa shape index (κ3) is 3.91. The summed E-state index contributed by atoms with van der Waals surface area (Å²) in [7, 11) is 0. The molecule has 0 aliphatic carbocycles. The van der Waals surface area contributed by atoms with Crippen molar-refractivity contribution < 1.29 is 14.3 Å². The lowest BCUT2D eigenvalue weighted by Crippen LogP contribution is -2.54. The Kier molecular flexibility index (Phi) is 4.82. The van der Waals surface area contributed by atoms with Crippen molar-refractivity contribution in [2.24, 2.45) is 0 Å². The van der Waals surface area contributed by atoms with Gasteiger partial charge in [-0.05, 0) is 48.9 Å². The number of aromatic nitrogens is 1. The van der Waals surface area contributed by atoms with Gasteiger partial charge < -0.3 is 15.3 Å². The van der Waals surface area contributed by atoms with E-state index in [1.165, 1.54) is 23.6 Å². The van der Waals surface area contributed by atoms with E-state index in [9.17, 15) is 14.3 Å². The first-order valence-corrected chi connectivity index (χ1v) is 8.75. The summed E-state index contributed by atoms with van der Waals surface area (Å²) in [5, 5.41) is 15.5. The largest absolute Gasteiger partial charge is 0.386 e. The summed E-state index contributed by atoms with van der Waals surface area (Å²) < 4.78 is 13.0. The molecule has 2 aromatic heterocycles. The van der Waals surface area contributed by atoms with Gasteiger partial charge in [-0.2, -0.15) is 0 Å². The van der Waals surface area contributed by atoms with Crippen molar-refractivity contribution in [1.29, 1.82) is 0 Å². The molecule has 5 nitrogen and oxygen atoms in total. The molecule has 1 atom stereocenters. The van der Waals surface area contributed by atoms with E-state index in [0.717, 1.165) is 18.5 Å². The molecule has 0 saturated carbocycles. The van der Waals surface area contributed by atoms with Crippen LogP contribution in [0.15, 0.2) is 29.8 Å². The molecule has 1 aliphatic rings. The van der Waals surface area contributed by atoms with Crippen LogP contribution in [-0.4, -0.2) is 41.2 Å². The Labute approximate surface area is 144 Å². The summed E-state index contributed by atoms with van der Waals surface area (Å²) in [4.78, 5) is 18.8. The standard InChI is InChI=1S/C17H20FN3O2S/c1-12-7-14(24-9-12)16(22)20-10-17(23)5-2-6-21(11-17)15-4-3-13(18)8-19-15/h3-4,7-9,23H,2,5-6,10-11H2,1H3,(H,20,22)/t17-/m1/s1. The predicted octanol–water partition coefficient (Wildman–Crippen LogP) is 2.35. The molecule has 0 aromatic carbocycles. The first-order valence-electron chi connectivity index (χ1n) is 7.87. The zero-order valence-corrected chi connectivity index (χ0v) is 14.3. The number of halogens is 1. The molecule has 2 N–H and O–H groups in total. The van der Waals surface area contributed by atoms with Crippen molar-refractivity contribution in [3.05, 3.63) is 46.0 Å². The summed E-state index contributed by atoms with van der Waals surface area (Å²) in [6.45, 7) is 3.23. The van der Waals surface area contributed by atoms with Gasteiger partial charge in [-0.25, -0.2) is 9.37 Å². The zero-order valence-electron chi connectivity index (χ0n) is 13.5. The summed E-state index contributed by atoms with van der Waals surface area (Å²) in [6.07, 6.45) is 2.56. The number of hydrogen-bond donors (Lipinski definition) is 2. The van der Waals surface area contributed by atoms with E-state index in [0.29, 0.717) is 23.7 Å². The van der Waals surface area contributed by atoms with Gasteiger partial charge in [0.15, 0.2) is 0 Å². The number of anilines is 1. The zero-order chi connectivity index (χ0) is 17.2. The van der Waals surface area contributed by atoms with Crippen LogP contribution in [0.3, 0.4) is 0 Å². The van der Waals surface area contributed by atoms with Crippen LogP contribution in [0.1, 0.15) is 28.1 Å². The summed E-state index contributed by atoms with van der Waals surface area (Å²) in [5.41, 5.74) is 0.0334. The molecular formula is C17H20FN3O2S. The molecule has 1 saturated heterocycles. The van der Waals surface area contributed by atoms with E-state index in [1.54, 1.807) is 6.07 Å². The predicted molar refractivity (Wildman–Crippen MR) is 92.0 cm³/mol. The number of aryl methyl sites for hydroxylation is 1. The van der Waals surface area contributed by atoms with Gasteiger partial charge in [-0.3, -0.25) is 4.79 Å². The highest BCUT2D eigenvalue weighted by Gasteiger charge is 2.34. The lowest BCUT2D eigenvalue weighted by Gasteiger charge is -2.39. The molecule has 0 spiro atoms. The third-order valence-corrected chi connectivity index (χ3v) is 5.17. The number of amides is 1. The monoisotopic (exact) mass is 349 g/mol. The van der Waals surface area contributed by atoms with Gasteiger partial charge in [0, 0.05) is 19.6 Å². The minimum atomic E-state index is -1.02. The van der Waals surface area contributed by atoms with Crippen LogP contribution in [0, 0.1) is 12.7 Å². The number of thiophene rings is 1. The van der Waals surface area contributed by atoms with Crippen LogP contribution < -0.4 is 10.2 Å². The van der Waals surface area contributed by atoms with Gasteiger partial charge in [0.1, 0.15) is 11.6 Å². The van der Waals surface area contributed by atoms with E-state index in [4.69, 9.17) is 0 Å². The minimum Gasteiger partial charge on any atom is -0.386 e. The first kappa shape index (κ1) is 16.9. The number of nitrogens with zero attached hydrogens (tertiary/aromatic N) is 2. The SMILES string of the molecule is Cc1csc(C(=O)NC[C@]2(O)CCCN(c3ccc(F)cn3)C2)c1. The van der Waals surface area contributed by atoms with Gasteiger partial charge in [-0.15, -0.1) is 11.3 Å². The molecule has 128 valence electrons. The normalized spacial score (nSPS) is 20.9. The molecule has 1 aliphatic heterocycles. The van der Waals surface area contributed by atoms with Gasteiger partial charge >= 0.3 is 0 Å². The molecule has 24 heavy (non-hydrogen) atoms. The van der Waals surface area contributed by atoms with Gasteiger partial charge in [-0.1, -0.05) is 0 Å². The molecule has 0 unspecified atom stereocenters. The van der Waals surface area contributed by atoms with Crippen molar-refractivity contribution in [3.8, 4) is 0 Å². The van der Waals surface area contributed by atoms with Crippen molar-refractivity contribution in [2.75, 3.05) is 24.5 Å². The first-order chi connectivity index (χ1) is 11.5. The van der Waals surface area contributed by atoms with Crippen molar-refractivity contribution >= 4 is 23.1 Å². The number of pyridine rings is 1. The average Bonchev–Trinajstić information content (AvgIpc) is 3.00. The fourth-order valence-electron chi connectivity index (χ4n) is 2.89. The van der Waals surface area contributed by atoms with E-state index in [-0.39, 0.29) is 18.3 Å². The summed E-state index contributed by atoms with van der Waals surface area (Å²) in [5.74, 6) is 0.0813. The van der Waals surface area contributed by atoms with Crippen LogP contribution in [0.2, 0.25) is 0 Å². The quantitative estimate of drug-likeness (QED) is 0.889. The van der Waals surface area contributed by atoms with E-state index >= 15 is 0 Å². The number of carbonyl (C=O) groups excluding carboxylic acids is 1. The molecule has 0 bridgehead atoms. The molecule has 7 heteroatoms. The van der Waals surface area contributed by atoms with Gasteiger partial charge in [0.2, 0.25) is 0 Å². The van der Waals surface area contributed by atoms with Gasteiger partial charge in [0.25, 0.3) is 5.91 Å². The van der Waals surface area contributed by atoms with Crippen molar-refractivity contribution in [1.82, 2.24) is 10.3 Å². The van der Waals surface area contributed by atoms with Crippen LogP contribution >= 0.6 is 11.3 Å². The Balaban J connectivity index is 1.62. The van der Waals surface area contributed by atoms with E-state index in [1.807, 2.05) is 23.3 Å². The van der Waals surface area contributed by atoms with Crippen LogP contribution in [0.25, 0.3) is 0 Å². The number of aliphatic hydroxyl groups is 1. The molecule has 1 fully saturated rings. The average molecular weight is 349 g/mol. The smallest absolute Gasteiger partial charge is 0.261 e. The molecule has 1 amide bonds. The topological polar surface area (TPSA) is 65.5 Å². The highest BCUT2D eigenvalue weighted by Crippen LogP contribution is 2.25. The maximum absolute atomic E-state index is 13.0. The van der Waals surface area contributed by atoms with Crippen molar-refractivity contribution in [3.63, 3.8) is 0 Å². The van der Waals surface area contributed by atoms with E-state index < -0.39 is 5.60 Å². The number of carbonyl (C=O) groups is 1. The summed E-state index contributed by atoms with van der Waals surface area (Å²) >= 11 is 1.39. The lowest BCUT2D eigenvalue weighted by molar-refractivity contribution is 0.0255. The molecule has 2 aromatic rings. The number of hydrogen-bond acceptors (Lipinski definition) is 5. The number of piperidine rings is 1. The fourth-order valence-corrected chi connectivity index (χ4v) is 3.70. The fraction of sp³-hybridized carbons (Fsp3) is 0.412. The molecular weight excluding hydrogens is 329 g/mol. The Morgan fingerprint density at radius 2 is 2.38 bits per heavy atom. The Bertz CT molecular complexity index is 719. The number of nitrogens with one attached hydrogen (secondary N) is 1. The minimum absolute atomic E-state index is 0.168. The second kappa shape index (κ2) is 6.86. The molecule has 3 rings (SSSR count). The molecule has 3 heterocycles. The second-order valence-electron chi connectivity index (χ2n) is 6.26. The van der Waals surface area contributed by atoms with Crippen LogP contribution in [-0.2, 0) is 0 Å². The van der Waals surface area contributed by atoms with Crippen molar-refractivity contribution in [2.45, 2.75) is 25.4 Å². The maximum atomic E-state index is 13.0. The van der Waals surface area contributed by atoms with Crippen LogP contribution in [0.5, 0.6) is 0 Å². The Morgan fingerprint density at radius 1 is 1.54 bits per heavy atom. The highest BCUT2D eigenvalue weighted by molar-refractivity contribution is 7.12. The number of rotatable bonds is 4. The van der Waals surface area contributed by atoms with E-state index in [2.05, 4.69) is 10.3 Å². The highest BCUT2D eigenvalue weighted by atomic mass is 32.1. The van der Waals surface area contributed by atoms with Crippen LogP contribution in [0.4, 0.5) is 10.2 Å². The number of β-amino-alcohol motifs (C(OH)–C–C–N with tert-alkyl or cyclic N) is 1. The Morgan fingerprint density at radius 3 is 3.04 bits per heavy atom. The Hall–Kier alpha value is -1.99.